The summed E-state index contributed by atoms with van der Waals surface area (Å²) in [4.78, 5) is 15.7. The van der Waals surface area contributed by atoms with Crippen LogP contribution in [0.1, 0.15) is 35.6 Å². The molecule has 0 aliphatic heterocycles. The molecule has 4 rings (SSSR count). The normalized spacial score (nSPS) is 13.1. The number of H-pyrrole nitrogens is 1. The fourth-order valence-electron chi connectivity index (χ4n) is 3.87. The maximum Gasteiger partial charge on any atom is 0.509 e. The topological polar surface area (TPSA) is 117 Å². The Labute approximate surface area is 245 Å². The minimum absolute atomic E-state index is 0. The number of benzene rings is 2. The standard InChI is InChI=1S/C28H27Cl2F2NO7.H2O/c1-35-22-7-5-17(9-25(22)36-2)15-38-28(34)40-24(11-19-20(29)12-33-13-21(19)30)18-6-8-23(39-27(31)32)26(10-18)37-14-16-3-4-16;/h5-10,12-13,16,24,27H,3-4,11,14-15H2,1-2H3;1H2/t24-;/m0./s1. The molecule has 0 saturated heterocycles. The molecule has 3 aromatic rings. The van der Waals surface area contributed by atoms with Crippen molar-refractivity contribution in [1.82, 2.24) is 0 Å². The first-order valence-corrected chi connectivity index (χ1v) is 13.1. The van der Waals surface area contributed by atoms with Gasteiger partial charge < -0.3 is 33.9 Å². The van der Waals surface area contributed by atoms with Crippen molar-refractivity contribution in [2.75, 3.05) is 20.8 Å². The van der Waals surface area contributed by atoms with Gasteiger partial charge in [-0.25, -0.2) is 9.78 Å². The Balaban J connectivity index is 0.00000462. The highest BCUT2D eigenvalue weighted by atomic mass is 35.5. The minimum Gasteiger partial charge on any atom is -0.870 e. The molecular weight excluding hydrogens is 587 g/mol. The van der Waals surface area contributed by atoms with Gasteiger partial charge in [-0.15, -0.1) is 0 Å². The highest BCUT2D eigenvalue weighted by molar-refractivity contribution is 6.35. The van der Waals surface area contributed by atoms with Crippen molar-refractivity contribution in [2.24, 2.45) is 5.92 Å². The Morgan fingerprint density at radius 3 is 2.29 bits per heavy atom. The molecule has 1 aliphatic carbocycles. The zero-order valence-corrected chi connectivity index (χ0v) is 23.7. The van der Waals surface area contributed by atoms with Crippen LogP contribution in [0.5, 0.6) is 23.0 Å². The molecule has 0 amide bonds. The summed E-state index contributed by atoms with van der Waals surface area (Å²) in [6.07, 6.45) is 3.23. The number of carbonyl (C=O) groups excluding carboxylic acids is 1. The summed E-state index contributed by atoms with van der Waals surface area (Å²) in [7, 11) is 3.02. The van der Waals surface area contributed by atoms with E-state index in [1.165, 1.54) is 32.4 Å². The molecule has 13 heteroatoms. The van der Waals surface area contributed by atoms with Crippen molar-refractivity contribution < 1.29 is 52.5 Å². The van der Waals surface area contributed by atoms with Crippen LogP contribution in [-0.4, -0.2) is 39.1 Å². The quantitative estimate of drug-likeness (QED) is 0.196. The van der Waals surface area contributed by atoms with Crippen molar-refractivity contribution >= 4 is 29.4 Å². The molecule has 1 fully saturated rings. The predicted molar refractivity (Wildman–Crippen MR) is 144 cm³/mol. The maximum atomic E-state index is 13.0. The first kappa shape index (κ1) is 32.0. The number of alkyl halides is 2. The minimum atomic E-state index is -3.04. The molecule has 9 nitrogen and oxygen atoms in total. The van der Waals surface area contributed by atoms with Gasteiger partial charge in [-0.3, -0.25) is 0 Å². The number of methoxy groups -OCH3 is 2. The number of halogens is 4. The second-order valence-electron chi connectivity index (χ2n) is 9.01. The number of aromatic nitrogens is 1. The molecule has 1 aromatic heterocycles. The first-order chi connectivity index (χ1) is 19.3. The van der Waals surface area contributed by atoms with Crippen LogP contribution < -0.4 is 23.9 Å². The zero-order chi connectivity index (χ0) is 28.6. The third kappa shape index (κ3) is 8.97. The van der Waals surface area contributed by atoms with Crippen LogP contribution in [0.25, 0.3) is 0 Å². The van der Waals surface area contributed by atoms with Crippen molar-refractivity contribution in [3.63, 3.8) is 0 Å². The molecule has 41 heavy (non-hydrogen) atoms. The summed E-state index contributed by atoms with van der Waals surface area (Å²) < 4.78 is 58.0. The molecule has 0 spiro atoms. The van der Waals surface area contributed by atoms with E-state index in [1.807, 2.05) is 0 Å². The number of hydrogen-bond acceptors (Lipinski definition) is 8. The second-order valence-corrected chi connectivity index (χ2v) is 9.82. The second kappa shape index (κ2) is 14.9. The van der Waals surface area contributed by atoms with Crippen LogP contribution in [0.2, 0.25) is 10.0 Å². The van der Waals surface area contributed by atoms with Crippen LogP contribution in [0.15, 0.2) is 48.8 Å². The van der Waals surface area contributed by atoms with Gasteiger partial charge in [0.25, 0.3) is 0 Å². The molecule has 0 radical (unpaired) electrons. The number of rotatable bonds is 13. The molecule has 0 bridgehead atoms. The van der Waals surface area contributed by atoms with Crippen molar-refractivity contribution in [3.05, 3.63) is 75.5 Å². The van der Waals surface area contributed by atoms with Gasteiger partial charge in [0.15, 0.2) is 35.4 Å². The Morgan fingerprint density at radius 1 is 0.976 bits per heavy atom. The van der Waals surface area contributed by atoms with Crippen LogP contribution in [0, 0.1) is 5.92 Å². The number of nitrogens with one attached hydrogen (secondary N) is 1. The van der Waals surface area contributed by atoms with E-state index in [9.17, 15) is 13.6 Å². The fraction of sp³-hybridized carbons (Fsp3) is 0.357. The van der Waals surface area contributed by atoms with Gasteiger partial charge in [0, 0.05) is 12.0 Å². The van der Waals surface area contributed by atoms with E-state index in [1.54, 1.807) is 30.6 Å². The third-order valence-electron chi connectivity index (χ3n) is 6.16. The van der Waals surface area contributed by atoms with Gasteiger partial charge in [-0.1, -0.05) is 35.3 Å². The Kier molecular flexibility index (Phi) is 11.6. The Hall–Kier alpha value is -3.54. The van der Waals surface area contributed by atoms with E-state index in [-0.39, 0.29) is 30.0 Å². The number of aromatic amines is 1. The molecule has 1 saturated carbocycles. The van der Waals surface area contributed by atoms with Crippen LogP contribution in [0.3, 0.4) is 0 Å². The average molecular weight is 616 g/mol. The van der Waals surface area contributed by atoms with E-state index in [4.69, 9.17) is 46.9 Å². The number of pyridine rings is 1. The highest BCUT2D eigenvalue weighted by Gasteiger charge is 2.26. The van der Waals surface area contributed by atoms with Crippen molar-refractivity contribution in [2.45, 2.75) is 38.6 Å². The van der Waals surface area contributed by atoms with Gasteiger partial charge >= 0.3 is 12.8 Å². The lowest BCUT2D eigenvalue weighted by Gasteiger charge is -2.21. The van der Waals surface area contributed by atoms with Crippen LogP contribution >= 0.6 is 23.2 Å². The Bertz CT molecular complexity index is 1310. The summed E-state index contributed by atoms with van der Waals surface area (Å²) in [5, 5.41) is 0.644. The Morgan fingerprint density at radius 2 is 1.66 bits per heavy atom. The van der Waals surface area contributed by atoms with Crippen LogP contribution in [0.4, 0.5) is 13.6 Å². The summed E-state index contributed by atoms with van der Waals surface area (Å²) in [6, 6.07) is 9.44. The molecule has 1 atom stereocenters. The molecule has 1 heterocycles. The fourth-order valence-corrected chi connectivity index (χ4v) is 4.40. The van der Waals surface area contributed by atoms with Gasteiger partial charge in [0.05, 0.1) is 20.8 Å². The summed E-state index contributed by atoms with van der Waals surface area (Å²) in [5.41, 5.74) is 1.59. The number of hydrogen-bond donors (Lipinski definition) is 0. The number of carbonyl (C=O) groups is 1. The molecule has 1 aliphatic rings. The van der Waals surface area contributed by atoms with Gasteiger partial charge in [0.2, 0.25) is 0 Å². The molecule has 2 aromatic carbocycles. The molecular formula is C28H29Cl2F2NO8. The van der Waals surface area contributed by atoms with Gasteiger partial charge in [-0.05, 0) is 54.2 Å². The summed E-state index contributed by atoms with van der Waals surface area (Å²) in [6.45, 7) is -2.79. The largest absolute Gasteiger partial charge is 0.870 e. The molecule has 2 N–H and O–H groups in total. The van der Waals surface area contributed by atoms with E-state index in [0.29, 0.717) is 50.8 Å². The maximum absolute atomic E-state index is 13.0. The molecule has 0 unspecified atom stereocenters. The van der Waals surface area contributed by atoms with E-state index in [0.717, 1.165) is 12.8 Å². The summed E-state index contributed by atoms with van der Waals surface area (Å²) in [5.74, 6) is 1.35. The summed E-state index contributed by atoms with van der Waals surface area (Å²) >= 11 is 12.7. The van der Waals surface area contributed by atoms with Gasteiger partial charge in [0.1, 0.15) is 22.8 Å². The monoisotopic (exact) mass is 615 g/mol. The van der Waals surface area contributed by atoms with Gasteiger partial charge in [-0.2, -0.15) is 8.78 Å². The third-order valence-corrected chi connectivity index (χ3v) is 6.83. The predicted octanol–water partition coefficient (Wildman–Crippen LogP) is 6.68. The van der Waals surface area contributed by atoms with Crippen LogP contribution in [-0.2, 0) is 22.5 Å². The smallest absolute Gasteiger partial charge is 0.509 e. The first-order valence-electron chi connectivity index (χ1n) is 12.4. The van der Waals surface area contributed by atoms with E-state index >= 15 is 0 Å². The lowest BCUT2D eigenvalue weighted by Crippen LogP contribution is -2.17. The lowest BCUT2D eigenvalue weighted by atomic mass is 10.0. The van der Waals surface area contributed by atoms with E-state index < -0.39 is 18.9 Å². The zero-order valence-electron chi connectivity index (χ0n) is 22.2. The SMILES string of the molecule is COc1ccc(COC(=O)O[C@@H](Cc2c(Cl)c[nH+]cc2Cl)c2ccc(OC(F)F)c(OCC3CC3)c2)cc1OC.[OH-]. The number of ether oxygens (including phenoxy) is 6. The van der Waals surface area contributed by atoms with Crippen molar-refractivity contribution in [1.29, 1.82) is 0 Å². The lowest BCUT2D eigenvalue weighted by molar-refractivity contribution is -0.377. The highest BCUT2D eigenvalue weighted by Crippen LogP contribution is 2.38. The average Bonchev–Trinajstić information content (AvgIpc) is 3.77. The van der Waals surface area contributed by atoms with Crippen molar-refractivity contribution in [3.8, 4) is 23.0 Å². The molecule has 222 valence electrons. The van der Waals surface area contributed by atoms with E-state index in [2.05, 4.69) is 9.72 Å².